The van der Waals surface area contributed by atoms with Crippen LogP contribution in [0, 0.1) is 5.82 Å². The molecule has 0 heterocycles. The molecule has 0 spiro atoms. The zero-order valence-electron chi connectivity index (χ0n) is 12.1. The van der Waals surface area contributed by atoms with Gasteiger partial charge in [0.1, 0.15) is 5.82 Å². The quantitative estimate of drug-likeness (QED) is 0.586. The molecule has 3 nitrogen and oxygen atoms in total. The summed E-state index contributed by atoms with van der Waals surface area (Å²) >= 11 is 12.3. The van der Waals surface area contributed by atoms with Crippen LogP contribution in [0.2, 0.25) is 10.0 Å². The first-order valence-corrected chi connectivity index (χ1v) is 7.41. The molecule has 2 rings (SSSR count). The number of nitrogens with one attached hydrogen (secondary N) is 1. The average molecular weight is 341 g/mol. The van der Waals surface area contributed by atoms with Crippen molar-refractivity contribution < 1.29 is 9.13 Å². The van der Waals surface area contributed by atoms with Crippen LogP contribution >= 0.6 is 23.2 Å². The second-order valence-electron chi connectivity index (χ2n) is 4.86. The van der Waals surface area contributed by atoms with E-state index in [-0.39, 0.29) is 11.9 Å². The van der Waals surface area contributed by atoms with Gasteiger partial charge in [-0.05, 0) is 55.8 Å². The molecule has 0 fully saturated rings. The number of hydrazone groups is 1. The topological polar surface area (TPSA) is 33.6 Å². The summed E-state index contributed by atoms with van der Waals surface area (Å²) in [7, 11) is 0. The molecule has 0 radical (unpaired) electrons. The summed E-state index contributed by atoms with van der Waals surface area (Å²) in [6, 6.07) is 9.30. The van der Waals surface area contributed by atoms with Crippen LogP contribution in [0.3, 0.4) is 0 Å². The van der Waals surface area contributed by atoms with Crippen LogP contribution in [-0.4, -0.2) is 12.3 Å². The molecule has 6 heteroatoms. The molecule has 0 amide bonds. The SMILES string of the molecule is CC(C)Oc1c(Cl)cc(/C=N/Nc2ccc(F)cc2)cc1Cl. The fraction of sp³-hybridized carbons (Fsp3) is 0.188. The van der Waals surface area contributed by atoms with Crippen LogP contribution in [0.15, 0.2) is 41.5 Å². The van der Waals surface area contributed by atoms with Gasteiger partial charge in [0.2, 0.25) is 0 Å². The van der Waals surface area contributed by atoms with Crippen molar-refractivity contribution in [2.24, 2.45) is 5.10 Å². The summed E-state index contributed by atoms with van der Waals surface area (Å²) in [6.45, 7) is 3.79. The highest BCUT2D eigenvalue weighted by molar-refractivity contribution is 6.37. The van der Waals surface area contributed by atoms with Crippen molar-refractivity contribution in [3.8, 4) is 5.75 Å². The molecule has 0 aromatic heterocycles. The van der Waals surface area contributed by atoms with Crippen LogP contribution < -0.4 is 10.2 Å². The standard InChI is InChI=1S/C16H15Cl2FN2O/c1-10(2)22-16-14(17)7-11(8-15(16)18)9-20-21-13-5-3-12(19)4-6-13/h3-10,21H,1-2H3/b20-9+. The minimum atomic E-state index is -0.297. The van der Waals surface area contributed by atoms with Crippen molar-refractivity contribution >= 4 is 35.1 Å². The van der Waals surface area contributed by atoms with Gasteiger partial charge in [0.15, 0.2) is 5.75 Å². The molecule has 0 atom stereocenters. The summed E-state index contributed by atoms with van der Waals surface area (Å²) in [4.78, 5) is 0. The molecule has 0 aliphatic rings. The summed E-state index contributed by atoms with van der Waals surface area (Å²) in [5, 5.41) is 4.90. The Labute approximate surface area is 138 Å². The van der Waals surface area contributed by atoms with Gasteiger partial charge in [-0.15, -0.1) is 0 Å². The van der Waals surface area contributed by atoms with Crippen molar-refractivity contribution in [1.82, 2.24) is 0 Å². The fourth-order valence-electron chi connectivity index (χ4n) is 1.71. The van der Waals surface area contributed by atoms with E-state index in [0.717, 1.165) is 5.56 Å². The van der Waals surface area contributed by atoms with E-state index in [9.17, 15) is 4.39 Å². The molecule has 0 saturated heterocycles. The third-order valence-corrected chi connectivity index (χ3v) is 3.19. The van der Waals surface area contributed by atoms with E-state index in [1.54, 1.807) is 30.5 Å². The molecule has 0 aliphatic heterocycles. The maximum Gasteiger partial charge on any atom is 0.156 e. The first-order valence-electron chi connectivity index (χ1n) is 6.66. The lowest BCUT2D eigenvalue weighted by atomic mass is 10.2. The molecule has 0 unspecified atom stereocenters. The van der Waals surface area contributed by atoms with Crippen molar-refractivity contribution in [1.29, 1.82) is 0 Å². The van der Waals surface area contributed by atoms with Gasteiger partial charge in [0, 0.05) is 0 Å². The lowest BCUT2D eigenvalue weighted by Crippen LogP contribution is -2.06. The van der Waals surface area contributed by atoms with Gasteiger partial charge >= 0.3 is 0 Å². The first kappa shape index (κ1) is 16.6. The van der Waals surface area contributed by atoms with Crippen molar-refractivity contribution in [2.45, 2.75) is 20.0 Å². The Morgan fingerprint density at radius 3 is 2.27 bits per heavy atom. The highest BCUT2D eigenvalue weighted by Crippen LogP contribution is 2.34. The van der Waals surface area contributed by atoms with Crippen molar-refractivity contribution in [3.63, 3.8) is 0 Å². The third kappa shape index (κ3) is 4.61. The predicted molar refractivity (Wildman–Crippen MR) is 89.8 cm³/mol. The van der Waals surface area contributed by atoms with E-state index in [1.807, 2.05) is 13.8 Å². The number of ether oxygens (including phenoxy) is 1. The lowest BCUT2D eigenvalue weighted by molar-refractivity contribution is 0.243. The van der Waals surface area contributed by atoms with Gasteiger partial charge in [-0.1, -0.05) is 23.2 Å². The Morgan fingerprint density at radius 1 is 1.14 bits per heavy atom. The Bertz CT molecular complexity index is 649. The van der Waals surface area contributed by atoms with E-state index in [1.165, 1.54) is 12.1 Å². The smallest absolute Gasteiger partial charge is 0.156 e. The Hall–Kier alpha value is -1.78. The molecule has 0 aliphatic carbocycles. The summed E-state index contributed by atoms with van der Waals surface area (Å²) in [5.74, 6) is 0.163. The van der Waals surface area contributed by atoms with Gasteiger partial charge in [0.05, 0.1) is 28.1 Å². The molecule has 2 aromatic carbocycles. The molecular weight excluding hydrogens is 326 g/mol. The minimum Gasteiger partial charge on any atom is -0.488 e. The van der Waals surface area contributed by atoms with E-state index in [0.29, 0.717) is 21.5 Å². The zero-order valence-corrected chi connectivity index (χ0v) is 13.6. The largest absolute Gasteiger partial charge is 0.488 e. The van der Waals surface area contributed by atoms with Gasteiger partial charge in [-0.3, -0.25) is 5.43 Å². The molecular formula is C16H15Cl2FN2O. The van der Waals surface area contributed by atoms with Crippen LogP contribution in [0.5, 0.6) is 5.75 Å². The Balaban J connectivity index is 2.09. The van der Waals surface area contributed by atoms with Crippen molar-refractivity contribution in [2.75, 3.05) is 5.43 Å². The lowest BCUT2D eigenvalue weighted by Gasteiger charge is -2.13. The highest BCUT2D eigenvalue weighted by atomic mass is 35.5. The summed E-state index contributed by atoms with van der Waals surface area (Å²) < 4.78 is 18.3. The van der Waals surface area contributed by atoms with E-state index in [2.05, 4.69) is 10.5 Å². The van der Waals surface area contributed by atoms with Crippen LogP contribution in [0.4, 0.5) is 10.1 Å². The van der Waals surface area contributed by atoms with E-state index < -0.39 is 0 Å². The molecule has 0 saturated carbocycles. The monoisotopic (exact) mass is 340 g/mol. The first-order chi connectivity index (χ1) is 10.5. The van der Waals surface area contributed by atoms with Gasteiger partial charge in [0.25, 0.3) is 0 Å². The number of hydrogen-bond acceptors (Lipinski definition) is 3. The average Bonchev–Trinajstić information content (AvgIpc) is 2.45. The molecule has 2 aromatic rings. The zero-order chi connectivity index (χ0) is 16.1. The van der Waals surface area contributed by atoms with E-state index >= 15 is 0 Å². The molecule has 116 valence electrons. The highest BCUT2D eigenvalue weighted by Gasteiger charge is 2.10. The number of benzene rings is 2. The second-order valence-corrected chi connectivity index (χ2v) is 5.67. The van der Waals surface area contributed by atoms with Gasteiger partial charge in [-0.25, -0.2) is 4.39 Å². The number of anilines is 1. The maximum absolute atomic E-state index is 12.8. The number of halogens is 3. The fourth-order valence-corrected chi connectivity index (χ4v) is 2.30. The van der Waals surface area contributed by atoms with E-state index in [4.69, 9.17) is 27.9 Å². The van der Waals surface area contributed by atoms with Crippen LogP contribution in [0.25, 0.3) is 0 Å². The van der Waals surface area contributed by atoms with Gasteiger partial charge in [-0.2, -0.15) is 5.10 Å². The van der Waals surface area contributed by atoms with Crippen LogP contribution in [-0.2, 0) is 0 Å². The number of rotatable bonds is 5. The summed E-state index contributed by atoms with van der Waals surface area (Å²) in [5.41, 5.74) is 4.19. The summed E-state index contributed by atoms with van der Waals surface area (Å²) in [6.07, 6.45) is 1.55. The molecule has 1 N–H and O–H groups in total. The predicted octanol–water partition coefficient (Wildman–Crippen LogP) is 5.37. The minimum absolute atomic E-state index is 0.0188. The maximum atomic E-state index is 12.8. The molecule has 22 heavy (non-hydrogen) atoms. The van der Waals surface area contributed by atoms with Gasteiger partial charge < -0.3 is 4.74 Å². The second kappa shape index (κ2) is 7.47. The Kier molecular flexibility index (Phi) is 5.63. The van der Waals surface area contributed by atoms with Crippen molar-refractivity contribution in [3.05, 3.63) is 57.8 Å². The molecule has 0 bridgehead atoms. The normalized spacial score (nSPS) is 11.2. The number of nitrogens with zero attached hydrogens (tertiary/aromatic N) is 1. The third-order valence-electron chi connectivity index (χ3n) is 2.63. The van der Waals surface area contributed by atoms with Crippen LogP contribution in [0.1, 0.15) is 19.4 Å². The Morgan fingerprint density at radius 2 is 1.73 bits per heavy atom. The number of hydrogen-bond donors (Lipinski definition) is 1.